The van der Waals surface area contributed by atoms with E-state index in [2.05, 4.69) is 22.9 Å². The molecule has 0 fully saturated rings. The summed E-state index contributed by atoms with van der Waals surface area (Å²) in [5.41, 5.74) is 0. The van der Waals surface area contributed by atoms with Gasteiger partial charge in [0.05, 0.1) is 0 Å². The van der Waals surface area contributed by atoms with Crippen LogP contribution in [0, 0.1) is 0 Å². The van der Waals surface area contributed by atoms with Gasteiger partial charge in [-0.3, -0.25) is 9.59 Å². The third-order valence-electron chi connectivity index (χ3n) is 4.02. The van der Waals surface area contributed by atoms with Crippen LogP contribution in [0.3, 0.4) is 0 Å². The Kier molecular flexibility index (Phi) is 16.7. The molecule has 0 aromatic heterocycles. The molecular formula is C18H37N3O5. The van der Waals surface area contributed by atoms with E-state index in [-0.39, 0.29) is 0 Å². The first kappa shape index (κ1) is 24.9. The van der Waals surface area contributed by atoms with Gasteiger partial charge in [-0.05, 0) is 58.3 Å². The minimum atomic E-state index is -1.88. The van der Waals surface area contributed by atoms with Gasteiger partial charge in [0, 0.05) is 6.54 Å². The van der Waals surface area contributed by atoms with Gasteiger partial charge in [0.15, 0.2) is 11.9 Å². The maximum atomic E-state index is 11.6. The lowest BCUT2D eigenvalue weighted by molar-refractivity contribution is -0.146. The second kappa shape index (κ2) is 17.4. The fraction of sp³-hybridized carbons (Fsp3) is 0.889. The quantitative estimate of drug-likeness (QED) is 0.175. The van der Waals surface area contributed by atoms with Gasteiger partial charge < -0.3 is 31.3 Å². The molecular weight excluding hydrogens is 338 g/mol. The number of aliphatic hydroxyl groups excluding tert-OH is 3. The molecule has 0 rings (SSSR count). The third kappa shape index (κ3) is 13.2. The minimum absolute atomic E-state index is 0.376. The molecule has 8 nitrogen and oxygen atoms in total. The maximum absolute atomic E-state index is 11.6. The lowest BCUT2D eigenvalue weighted by atomic mass is 10.1. The standard InChI is InChI=1S/C18H37N3O5/c1-2-9-19-10-5-3-6-11-20-12-7-4-8-13-21-18(26)17(25)16(24)15(23)14-22/h16-17,19-20,22,24-25H,2-14H2,1H3,(H,21,26). The van der Waals surface area contributed by atoms with Gasteiger partial charge >= 0.3 is 0 Å². The van der Waals surface area contributed by atoms with E-state index in [0.29, 0.717) is 6.54 Å². The normalized spacial score (nSPS) is 13.4. The molecule has 154 valence electrons. The van der Waals surface area contributed by atoms with Gasteiger partial charge in [-0.2, -0.15) is 0 Å². The van der Waals surface area contributed by atoms with Crippen molar-refractivity contribution in [3.8, 4) is 0 Å². The van der Waals surface area contributed by atoms with E-state index in [1.54, 1.807) is 0 Å². The number of hydrogen-bond donors (Lipinski definition) is 6. The Hall–Kier alpha value is -1.06. The Labute approximate surface area is 156 Å². The monoisotopic (exact) mass is 375 g/mol. The number of hydrogen-bond acceptors (Lipinski definition) is 7. The van der Waals surface area contributed by atoms with Crippen LogP contribution >= 0.6 is 0 Å². The SMILES string of the molecule is CCCNCCCCCNCCCCCNC(=O)C(O)C(O)C(=O)CO. The fourth-order valence-corrected chi connectivity index (χ4v) is 2.38. The van der Waals surface area contributed by atoms with Crippen molar-refractivity contribution in [3.63, 3.8) is 0 Å². The zero-order valence-corrected chi connectivity index (χ0v) is 16.0. The third-order valence-corrected chi connectivity index (χ3v) is 4.02. The molecule has 1 amide bonds. The van der Waals surface area contributed by atoms with Crippen molar-refractivity contribution < 1.29 is 24.9 Å². The molecule has 0 spiro atoms. The van der Waals surface area contributed by atoms with E-state index in [1.807, 2.05) is 0 Å². The summed E-state index contributed by atoms with van der Waals surface area (Å²) in [6, 6.07) is 0. The number of aliphatic hydroxyl groups is 3. The van der Waals surface area contributed by atoms with Crippen LogP contribution in [0.2, 0.25) is 0 Å². The first-order chi connectivity index (χ1) is 12.5. The van der Waals surface area contributed by atoms with E-state index in [0.717, 1.165) is 45.4 Å². The van der Waals surface area contributed by atoms with Gasteiger partial charge in [-0.1, -0.05) is 19.8 Å². The van der Waals surface area contributed by atoms with Crippen molar-refractivity contribution >= 4 is 11.7 Å². The molecule has 2 unspecified atom stereocenters. The summed E-state index contributed by atoms with van der Waals surface area (Å²) in [6.07, 6.45) is 3.76. The predicted octanol–water partition coefficient (Wildman–Crippen LogP) is -0.684. The Morgan fingerprint density at radius 3 is 1.77 bits per heavy atom. The number of rotatable bonds is 18. The number of nitrogens with one attached hydrogen (secondary N) is 3. The number of amides is 1. The van der Waals surface area contributed by atoms with E-state index < -0.39 is 30.5 Å². The topological polar surface area (TPSA) is 131 Å². The Bertz CT molecular complexity index is 369. The highest BCUT2D eigenvalue weighted by Gasteiger charge is 2.29. The molecule has 0 aliphatic carbocycles. The van der Waals surface area contributed by atoms with Crippen molar-refractivity contribution in [2.75, 3.05) is 39.3 Å². The van der Waals surface area contributed by atoms with Crippen molar-refractivity contribution in [3.05, 3.63) is 0 Å². The number of carbonyl (C=O) groups is 2. The summed E-state index contributed by atoms with van der Waals surface area (Å²) < 4.78 is 0. The minimum Gasteiger partial charge on any atom is -0.388 e. The fourth-order valence-electron chi connectivity index (χ4n) is 2.38. The largest absolute Gasteiger partial charge is 0.388 e. The molecule has 0 aliphatic rings. The summed E-state index contributed by atoms with van der Waals surface area (Å²) in [6.45, 7) is 5.79. The molecule has 0 saturated carbocycles. The lowest BCUT2D eigenvalue weighted by Crippen LogP contribution is -2.46. The molecule has 0 saturated heterocycles. The molecule has 2 atom stereocenters. The van der Waals surface area contributed by atoms with Crippen molar-refractivity contribution in [1.29, 1.82) is 0 Å². The Balaban J connectivity index is 3.40. The molecule has 0 aromatic rings. The van der Waals surface area contributed by atoms with Crippen LogP contribution in [0.1, 0.15) is 51.9 Å². The van der Waals surface area contributed by atoms with Gasteiger partial charge in [-0.15, -0.1) is 0 Å². The molecule has 0 aliphatic heterocycles. The molecule has 6 N–H and O–H groups in total. The second-order valence-corrected chi connectivity index (χ2v) is 6.43. The zero-order valence-electron chi connectivity index (χ0n) is 16.0. The first-order valence-corrected chi connectivity index (χ1v) is 9.73. The molecule has 0 aromatic carbocycles. The Morgan fingerprint density at radius 1 is 0.769 bits per heavy atom. The summed E-state index contributed by atoms with van der Waals surface area (Å²) in [5.74, 6) is -1.78. The van der Waals surface area contributed by atoms with E-state index >= 15 is 0 Å². The average molecular weight is 376 g/mol. The Morgan fingerprint density at radius 2 is 1.27 bits per heavy atom. The highest BCUT2D eigenvalue weighted by Crippen LogP contribution is 1.98. The predicted molar refractivity (Wildman–Crippen MR) is 101 cm³/mol. The molecule has 0 bridgehead atoms. The van der Waals surface area contributed by atoms with Crippen LogP contribution in [-0.4, -0.2) is 78.5 Å². The summed E-state index contributed by atoms with van der Waals surface area (Å²) >= 11 is 0. The van der Waals surface area contributed by atoms with Crippen LogP contribution in [0.15, 0.2) is 0 Å². The van der Waals surface area contributed by atoms with E-state index in [4.69, 9.17) is 5.11 Å². The first-order valence-electron chi connectivity index (χ1n) is 9.73. The summed E-state index contributed by atoms with van der Waals surface area (Å²) in [5, 5.41) is 36.7. The number of ketones is 1. The van der Waals surface area contributed by atoms with Crippen molar-refractivity contribution in [2.24, 2.45) is 0 Å². The smallest absolute Gasteiger partial charge is 0.252 e. The summed E-state index contributed by atoms with van der Waals surface area (Å²) in [4.78, 5) is 22.6. The van der Waals surface area contributed by atoms with E-state index in [9.17, 15) is 19.8 Å². The van der Waals surface area contributed by atoms with Crippen LogP contribution < -0.4 is 16.0 Å². The second-order valence-electron chi connectivity index (χ2n) is 6.43. The maximum Gasteiger partial charge on any atom is 0.252 e. The van der Waals surface area contributed by atoms with Crippen molar-refractivity contribution in [1.82, 2.24) is 16.0 Å². The van der Waals surface area contributed by atoms with Gasteiger partial charge in [0.25, 0.3) is 5.91 Å². The zero-order chi connectivity index (χ0) is 19.6. The average Bonchev–Trinajstić information content (AvgIpc) is 2.66. The van der Waals surface area contributed by atoms with Crippen LogP contribution in [-0.2, 0) is 9.59 Å². The van der Waals surface area contributed by atoms with Crippen molar-refractivity contribution in [2.45, 2.75) is 64.1 Å². The molecule has 8 heteroatoms. The van der Waals surface area contributed by atoms with Crippen LogP contribution in [0.25, 0.3) is 0 Å². The number of carbonyl (C=O) groups excluding carboxylic acids is 2. The molecule has 0 heterocycles. The van der Waals surface area contributed by atoms with Gasteiger partial charge in [0.1, 0.15) is 12.7 Å². The number of Topliss-reactive ketones (excluding diaryl/α,β-unsaturated/α-hetero) is 1. The lowest BCUT2D eigenvalue weighted by Gasteiger charge is -2.15. The molecule has 0 radical (unpaired) electrons. The highest BCUT2D eigenvalue weighted by molar-refractivity contribution is 5.92. The number of unbranched alkanes of at least 4 members (excludes halogenated alkanes) is 4. The van der Waals surface area contributed by atoms with E-state index in [1.165, 1.54) is 25.7 Å². The van der Waals surface area contributed by atoms with Crippen LogP contribution in [0.5, 0.6) is 0 Å². The highest BCUT2D eigenvalue weighted by atomic mass is 16.3. The molecule has 26 heavy (non-hydrogen) atoms. The van der Waals surface area contributed by atoms with Gasteiger partial charge in [-0.25, -0.2) is 0 Å². The van der Waals surface area contributed by atoms with Gasteiger partial charge in [0.2, 0.25) is 0 Å². The summed E-state index contributed by atoms with van der Waals surface area (Å²) in [7, 11) is 0. The van der Waals surface area contributed by atoms with Crippen LogP contribution in [0.4, 0.5) is 0 Å².